The molecule has 2 N–H and O–H groups in total. The molecule has 1 aromatic carbocycles. The van der Waals surface area contributed by atoms with E-state index in [0.29, 0.717) is 21.7 Å². The summed E-state index contributed by atoms with van der Waals surface area (Å²) in [5.41, 5.74) is -0.521. The van der Waals surface area contributed by atoms with Crippen molar-refractivity contribution in [1.82, 2.24) is 9.88 Å². The van der Waals surface area contributed by atoms with E-state index in [-0.39, 0.29) is 12.1 Å². The third kappa shape index (κ3) is 2.20. The lowest BCUT2D eigenvalue weighted by molar-refractivity contribution is -0.107. The Balaban J connectivity index is 2.78. The maximum Gasteiger partial charge on any atom is 0.267 e. The Morgan fingerprint density at radius 3 is 2.85 bits per heavy atom. The minimum Gasteiger partial charge on any atom is -0.506 e. The lowest BCUT2D eigenvalue weighted by Crippen LogP contribution is -2.33. The molecule has 1 heterocycles. The van der Waals surface area contributed by atoms with Gasteiger partial charge in [-0.25, -0.2) is 0 Å². The van der Waals surface area contributed by atoms with Crippen LogP contribution in [0.2, 0.25) is 0 Å². The fourth-order valence-corrected chi connectivity index (χ4v) is 2.61. The highest BCUT2D eigenvalue weighted by Gasteiger charge is 2.21. The Morgan fingerprint density at radius 1 is 1.50 bits per heavy atom. The van der Waals surface area contributed by atoms with Gasteiger partial charge in [0, 0.05) is 16.9 Å². The summed E-state index contributed by atoms with van der Waals surface area (Å²) in [6, 6.07) is 5.02. The highest BCUT2D eigenvalue weighted by molar-refractivity contribution is 9.10. The number of halogens is 1. The van der Waals surface area contributed by atoms with E-state index in [1.807, 2.05) is 0 Å². The van der Waals surface area contributed by atoms with Crippen LogP contribution >= 0.6 is 15.9 Å². The van der Waals surface area contributed by atoms with Crippen molar-refractivity contribution in [3.63, 3.8) is 0 Å². The molecule has 1 aromatic heterocycles. The third-order valence-electron chi connectivity index (χ3n) is 2.91. The minimum absolute atomic E-state index is 0.224. The van der Waals surface area contributed by atoms with Crippen LogP contribution < -0.4 is 10.9 Å². The number of carbonyl (C=O) groups is 2. The number of benzene rings is 1. The molecule has 0 saturated carbocycles. The first-order valence-electron chi connectivity index (χ1n) is 5.71. The third-order valence-corrected chi connectivity index (χ3v) is 3.55. The van der Waals surface area contributed by atoms with E-state index in [0.717, 1.165) is 0 Å². The zero-order valence-electron chi connectivity index (χ0n) is 10.5. The second-order valence-electron chi connectivity index (χ2n) is 4.10. The number of amides is 1. The minimum atomic E-state index is -0.780. The van der Waals surface area contributed by atoms with Crippen LogP contribution in [0.15, 0.2) is 27.5 Å². The first-order valence-corrected chi connectivity index (χ1v) is 6.50. The molecule has 0 saturated heterocycles. The van der Waals surface area contributed by atoms with Gasteiger partial charge in [0.2, 0.25) is 0 Å². The van der Waals surface area contributed by atoms with Gasteiger partial charge >= 0.3 is 0 Å². The van der Waals surface area contributed by atoms with Crippen molar-refractivity contribution < 1.29 is 14.7 Å². The van der Waals surface area contributed by atoms with Gasteiger partial charge in [0.15, 0.2) is 0 Å². The van der Waals surface area contributed by atoms with Crippen LogP contribution in [-0.4, -0.2) is 28.4 Å². The Labute approximate surface area is 122 Å². The van der Waals surface area contributed by atoms with Crippen LogP contribution in [0.5, 0.6) is 5.75 Å². The van der Waals surface area contributed by atoms with Gasteiger partial charge in [-0.3, -0.25) is 9.59 Å². The number of rotatable bonds is 3. The van der Waals surface area contributed by atoms with E-state index in [4.69, 9.17) is 0 Å². The molecule has 0 aliphatic rings. The summed E-state index contributed by atoms with van der Waals surface area (Å²) in [6.07, 6.45) is 0.497. The molecule has 0 radical (unpaired) electrons. The summed E-state index contributed by atoms with van der Waals surface area (Å²) < 4.78 is 1.90. The van der Waals surface area contributed by atoms with Crippen molar-refractivity contribution in [2.24, 2.45) is 7.05 Å². The van der Waals surface area contributed by atoms with Crippen LogP contribution in [0.3, 0.4) is 0 Å². The van der Waals surface area contributed by atoms with Crippen LogP contribution in [-0.2, 0) is 11.8 Å². The topological polar surface area (TPSA) is 88.4 Å². The lowest BCUT2D eigenvalue weighted by Gasteiger charge is -2.12. The molecular formula is C13H11BrN2O4. The summed E-state index contributed by atoms with van der Waals surface area (Å²) in [6.45, 7) is -0.224. The van der Waals surface area contributed by atoms with Gasteiger partial charge < -0.3 is 19.8 Å². The Morgan fingerprint density at radius 2 is 2.20 bits per heavy atom. The summed E-state index contributed by atoms with van der Waals surface area (Å²) in [5, 5.41) is 12.8. The molecule has 2 rings (SSSR count). The molecule has 0 aliphatic heterocycles. The van der Waals surface area contributed by atoms with Crippen molar-refractivity contribution >= 4 is 39.0 Å². The number of aromatic nitrogens is 1. The predicted octanol–water partition coefficient (Wildman–Crippen LogP) is 0.935. The Kier molecular flexibility index (Phi) is 3.89. The Bertz CT molecular complexity index is 767. The number of aromatic hydroxyl groups is 1. The van der Waals surface area contributed by atoms with E-state index in [2.05, 4.69) is 21.2 Å². The molecule has 2 aromatic rings. The maximum atomic E-state index is 12.2. The zero-order chi connectivity index (χ0) is 14.9. The van der Waals surface area contributed by atoms with E-state index >= 15 is 0 Å². The van der Waals surface area contributed by atoms with Crippen LogP contribution in [0.1, 0.15) is 10.4 Å². The smallest absolute Gasteiger partial charge is 0.267 e. The molecule has 0 spiro atoms. The molecule has 0 fully saturated rings. The van der Waals surface area contributed by atoms with Gasteiger partial charge in [-0.1, -0.05) is 6.07 Å². The number of hydrogen-bond donors (Lipinski definition) is 2. The number of nitrogens with zero attached hydrogens (tertiary/aromatic N) is 1. The van der Waals surface area contributed by atoms with Gasteiger partial charge in [-0.15, -0.1) is 0 Å². The monoisotopic (exact) mass is 338 g/mol. The van der Waals surface area contributed by atoms with Crippen molar-refractivity contribution in [3.8, 4) is 5.75 Å². The molecule has 7 heteroatoms. The lowest BCUT2D eigenvalue weighted by atomic mass is 10.1. The molecule has 0 bridgehead atoms. The second-order valence-corrected chi connectivity index (χ2v) is 4.95. The standard InChI is InChI=1S/C13H11BrN2O4/c1-16-10-7(3-2-4-8(10)14)11(18)9(13(16)20)12(19)15-5-6-17/h2-4,6,18H,5H2,1H3,(H,15,19). The number of pyridine rings is 1. The van der Waals surface area contributed by atoms with E-state index in [1.165, 1.54) is 11.6 Å². The number of hydrogen-bond acceptors (Lipinski definition) is 4. The first kappa shape index (κ1) is 14.3. The largest absolute Gasteiger partial charge is 0.506 e. The molecular weight excluding hydrogens is 328 g/mol. The number of fused-ring (bicyclic) bond motifs is 1. The Hall–Kier alpha value is -2.15. The van der Waals surface area contributed by atoms with E-state index < -0.39 is 17.2 Å². The van der Waals surface area contributed by atoms with Crippen LogP contribution in [0.4, 0.5) is 0 Å². The number of aldehydes is 1. The molecule has 104 valence electrons. The fourth-order valence-electron chi connectivity index (χ4n) is 1.98. The predicted molar refractivity (Wildman–Crippen MR) is 77.0 cm³/mol. The summed E-state index contributed by atoms with van der Waals surface area (Å²) >= 11 is 3.30. The van der Waals surface area contributed by atoms with E-state index in [1.54, 1.807) is 18.2 Å². The van der Waals surface area contributed by atoms with Crippen LogP contribution in [0, 0.1) is 0 Å². The summed E-state index contributed by atoms with van der Waals surface area (Å²) in [7, 11) is 1.51. The van der Waals surface area contributed by atoms with Crippen molar-refractivity contribution in [1.29, 1.82) is 0 Å². The van der Waals surface area contributed by atoms with Gasteiger partial charge in [0.1, 0.15) is 17.6 Å². The van der Waals surface area contributed by atoms with Gasteiger partial charge in [-0.2, -0.15) is 0 Å². The zero-order valence-corrected chi connectivity index (χ0v) is 12.1. The van der Waals surface area contributed by atoms with Crippen molar-refractivity contribution in [3.05, 3.63) is 38.6 Å². The summed E-state index contributed by atoms with van der Waals surface area (Å²) in [4.78, 5) is 34.3. The fraction of sp³-hybridized carbons (Fsp3) is 0.154. The highest BCUT2D eigenvalue weighted by Crippen LogP contribution is 2.30. The highest BCUT2D eigenvalue weighted by atomic mass is 79.9. The number of aryl methyl sites for hydroxylation is 1. The van der Waals surface area contributed by atoms with Gasteiger partial charge in [-0.05, 0) is 28.1 Å². The summed E-state index contributed by atoms with van der Waals surface area (Å²) in [5.74, 6) is -1.18. The van der Waals surface area contributed by atoms with Gasteiger partial charge in [0.25, 0.3) is 11.5 Å². The first-order chi connectivity index (χ1) is 9.49. The van der Waals surface area contributed by atoms with Gasteiger partial charge in [0.05, 0.1) is 12.1 Å². The normalized spacial score (nSPS) is 10.5. The quantitative estimate of drug-likeness (QED) is 0.815. The SMILES string of the molecule is Cn1c(=O)c(C(=O)NCC=O)c(O)c2cccc(Br)c21. The molecule has 1 amide bonds. The van der Waals surface area contributed by atoms with Crippen molar-refractivity contribution in [2.75, 3.05) is 6.54 Å². The molecule has 0 atom stereocenters. The molecule has 20 heavy (non-hydrogen) atoms. The number of para-hydroxylation sites is 1. The molecule has 0 aliphatic carbocycles. The van der Waals surface area contributed by atoms with Crippen molar-refractivity contribution in [2.45, 2.75) is 0 Å². The second kappa shape index (κ2) is 5.46. The maximum absolute atomic E-state index is 12.2. The van der Waals surface area contributed by atoms with Crippen LogP contribution in [0.25, 0.3) is 10.9 Å². The molecule has 0 unspecified atom stereocenters. The average molecular weight is 339 g/mol. The van der Waals surface area contributed by atoms with E-state index in [9.17, 15) is 19.5 Å². The number of nitrogens with one attached hydrogen (secondary N) is 1. The number of carbonyl (C=O) groups excluding carboxylic acids is 2. The average Bonchev–Trinajstić information content (AvgIpc) is 2.42. The molecule has 6 nitrogen and oxygen atoms in total.